The standard InChI is InChI=1S/C15H24N4/c1-10(16)14-18-17-9-19(14)8-15-5-11-2-12(6-15)4-13(3-11)7-15/h9-13H,2-8,16H2,1H3. The van der Waals surface area contributed by atoms with E-state index in [0.717, 1.165) is 30.1 Å². The highest BCUT2D eigenvalue weighted by atomic mass is 15.3. The first kappa shape index (κ1) is 11.9. The summed E-state index contributed by atoms with van der Waals surface area (Å²) < 4.78 is 2.23. The number of rotatable bonds is 3. The Bertz CT molecular complexity index is 441. The van der Waals surface area contributed by atoms with Gasteiger partial charge in [-0.2, -0.15) is 0 Å². The van der Waals surface area contributed by atoms with E-state index in [9.17, 15) is 0 Å². The second-order valence-electron chi connectivity index (χ2n) is 7.52. The summed E-state index contributed by atoms with van der Waals surface area (Å²) in [4.78, 5) is 0. The minimum Gasteiger partial charge on any atom is -0.322 e. The van der Waals surface area contributed by atoms with Crippen LogP contribution in [0.25, 0.3) is 0 Å². The van der Waals surface area contributed by atoms with Gasteiger partial charge in [0, 0.05) is 6.54 Å². The van der Waals surface area contributed by atoms with Gasteiger partial charge in [0.1, 0.15) is 12.2 Å². The zero-order chi connectivity index (χ0) is 13.0. The lowest BCUT2D eigenvalue weighted by molar-refractivity contribution is -0.0623. The molecule has 1 heterocycles. The fraction of sp³-hybridized carbons (Fsp3) is 0.867. The molecule has 0 radical (unpaired) electrons. The average Bonchev–Trinajstić information content (AvgIpc) is 2.74. The third kappa shape index (κ3) is 1.92. The molecule has 0 saturated heterocycles. The second kappa shape index (κ2) is 4.05. The number of nitrogens with two attached hydrogens (primary N) is 1. The van der Waals surface area contributed by atoms with E-state index in [0.29, 0.717) is 5.41 Å². The smallest absolute Gasteiger partial charge is 0.149 e. The minimum absolute atomic E-state index is 0.0172. The van der Waals surface area contributed by atoms with Gasteiger partial charge in [-0.3, -0.25) is 0 Å². The molecule has 0 spiro atoms. The monoisotopic (exact) mass is 260 g/mol. The fourth-order valence-corrected chi connectivity index (χ4v) is 5.58. The summed E-state index contributed by atoms with van der Waals surface area (Å²) in [6, 6.07) is -0.0172. The van der Waals surface area contributed by atoms with Crippen molar-refractivity contribution >= 4 is 0 Å². The summed E-state index contributed by atoms with van der Waals surface area (Å²) in [5, 5.41) is 8.28. The highest BCUT2D eigenvalue weighted by Crippen LogP contribution is 2.60. The average molecular weight is 260 g/mol. The van der Waals surface area contributed by atoms with Crippen LogP contribution in [0.4, 0.5) is 0 Å². The Morgan fingerprint density at radius 1 is 1.26 bits per heavy atom. The van der Waals surface area contributed by atoms with E-state index >= 15 is 0 Å². The quantitative estimate of drug-likeness (QED) is 0.908. The van der Waals surface area contributed by atoms with Gasteiger partial charge in [-0.25, -0.2) is 0 Å². The Hall–Kier alpha value is -0.900. The molecule has 4 aliphatic rings. The van der Waals surface area contributed by atoms with Crippen LogP contribution in [0.3, 0.4) is 0 Å². The highest BCUT2D eigenvalue weighted by molar-refractivity contribution is 5.03. The molecule has 19 heavy (non-hydrogen) atoms. The van der Waals surface area contributed by atoms with E-state index < -0.39 is 0 Å². The second-order valence-corrected chi connectivity index (χ2v) is 7.52. The van der Waals surface area contributed by atoms with Gasteiger partial charge in [-0.15, -0.1) is 10.2 Å². The van der Waals surface area contributed by atoms with Crippen molar-refractivity contribution in [1.29, 1.82) is 0 Å². The van der Waals surface area contributed by atoms with Crippen molar-refractivity contribution in [2.75, 3.05) is 0 Å². The molecule has 4 saturated carbocycles. The summed E-state index contributed by atoms with van der Waals surface area (Å²) in [6.45, 7) is 3.10. The van der Waals surface area contributed by atoms with E-state index in [2.05, 4.69) is 14.8 Å². The van der Waals surface area contributed by atoms with Crippen LogP contribution in [0, 0.1) is 23.2 Å². The summed E-state index contributed by atoms with van der Waals surface area (Å²) in [7, 11) is 0. The van der Waals surface area contributed by atoms with E-state index in [1.54, 1.807) is 0 Å². The minimum atomic E-state index is -0.0172. The molecule has 4 aliphatic carbocycles. The highest BCUT2D eigenvalue weighted by Gasteiger charge is 2.51. The Morgan fingerprint density at radius 3 is 2.37 bits per heavy atom. The maximum Gasteiger partial charge on any atom is 0.149 e. The van der Waals surface area contributed by atoms with Crippen molar-refractivity contribution in [3.05, 3.63) is 12.2 Å². The zero-order valence-electron chi connectivity index (χ0n) is 11.8. The molecule has 4 heteroatoms. The predicted molar refractivity (Wildman–Crippen MR) is 73.2 cm³/mol. The summed E-state index contributed by atoms with van der Waals surface area (Å²) >= 11 is 0. The third-order valence-electron chi connectivity index (χ3n) is 5.72. The van der Waals surface area contributed by atoms with E-state index in [4.69, 9.17) is 5.73 Å². The Morgan fingerprint density at radius 2 is 1.84 bits per heavy atom. The lowest BCUT2D eigenvalue weighted by atomic mass is 9.49. The number of aromatic nitrogens is 3. The van der Waals surface area contributed by atoms with Crippen molar-refractivity contribution in [3.63, 3.8) is 0 Å². The van der Waals surface area contributed by atoms with Gasteiger partial charge in [0.25, 0.3) is 0 Å². The molecule has 0 aliphatic heterocycles. The summed E-state index contributed by atoms with van der Waals surface area (Å²) in [6.07, 6.45) is 10.7. The zero-order valence-corrected chi connectivity index (χ0v) is 11.8. The molecule has 1 aromatic rings. The molecule has 4 bridgehead atoms. The molecule has 1 unspecified atom stereocenters. The largest absolute Gasteiger partial charge is 0.322 e. The molecular weight excluding hydrogens is 236 g/mol. The normalized spacial score (nSPS) is 41.7. The van der Waals surface area contributed by atoms with Crippen LogP contribution >= 0.6 is 0 Å². The van der Waals surface area contributed by atoms with Gasteiger partial charge in [-0.1, -0.05) is 0 Å². The van der Waals surface area contributed by atoms with Gasteiger partial charge >= 0.3 is 0 Å². The Labute approximate surface area is 114 Å². The third-order valence-corrected chi connectivity index (χ3v) is 5.72. The summed E-state index contributed by atoms with van der Waals surface area (Å²) in [5.41, 5.74) is 6.53. The Kier molecular flexibility index (Phi) is 2.53. The molecule has 1 atom stereocenters. The van der Waals surface area contributed by atoms with E-state index in [1.165, 1.54) is 38.5 Å². The van der Waals surface area contributed by atoms with Crippen molar-refractivity contribution in [2.45, 2.75) is 58.0 Å². The van der Waals surface area contributed by atoms with Crippen LogP contribution in [0.1, 0.15) is 57.3 Å². The van der Waals surface area contributed by atoms with Crippen molar-refractivity contribution in [1.82, 2.24) is 14.8 Å². The first-order chi connectivity index (χ1) is 9.13. The van der Waals surface area contributed by atoms with Crippen LogP contribution in [0.15, 0.2) is 6.33 Å². The maximum atomic E-state index is 6.00. The van der Waals surface area contributed by atoms with Crippen LogP contribution in [-0.2, 0) is 6.54 Å². The van der Waals surface area contributed by atoms with Gasteiger partial charge in [0.05, 0.1) is 6.04 Å². The van der Waals surface area contributed by atoms with Gasteiger partial charge in [0.2, 0.25) is 0 Å². The van der Waals surface area contributed by atoms with Crippen LogP contribution in [0.5, 0.6) is 0 Å². The molecule has 0 amide bonds. The molecule has 5 rings (SSSR count). The van der Waals surface area contributed by atoms with E-state index in [-0.39, 0.29) is 6.04 Å². The van der Waals surface area contributed by atoms with Crippen LogP contribution in [-0.4, -0.2) is 14.8 Å². The molecular formula is C15H24N4. The van der Waals surface area contributed by atoms with Gasteiger partial charge < -0.3 is 10.3 Å². The Balaban J connectivity index is 1.60. The van der Waals surface area contributed by atoms with Crippen molar-refractivity contribution in [3.8, 4) is 0 Å². The SMILES string of the molecule is CC(N)c1nncn1CC12CC3CC(CC(C3)C1)C2. The number of hydrogen-bond acceptors (Lipinski definition) is 3. The molecule has 0 aromatic carbocycles. The van der Waals surface area contributed by atoms with E-state index in [1.807, 2.05) is 13.3 Å². The molecule has 104 valence electrons. The van der Waals surface area contributed by atoms with Gasteiger partial charge in [0.15, 0.2) is 0 Å². The number of nitrogens with zero attached hydrogens (tertiary/aromatic N) is 3. The molecule has 2 N–H and O–H groups in total. The lowest BCUT2D eigenvalue weighted by Gasteiger charge is -2.57. The maximum absolute atomic E-state index is 6.00. The predicted octanol–water partition coefficient (Wildman–Crippen LogP) is 2.51. The lowest BCUT2D eigenvalue weighted by Crippen LogP contribution is -2.48. The van der Waals surface area contributed by atoms with Crippen LogP contribution in [0.2, 0.25) is 0 Å². The topological polar surface area (TPSA) is 56.7 Å². The first-order valence-electron chi connectivity index (χ1n) is 7.77. The van der Waals surface area contributed by atoms with Gasteiger partial charge in [-0.05, 0) is 68.6 Å². The molecule has 4 nitrogen and oxygen atoms in total. The fourth-order valence-electron chi connectivity index (χ4n) is 5.58. The number of hydrogen-bond donors (Lipinski definition) is 1. The summed E-state index contributed by atoms with van der Waals surface area (Å²) in [5.74, 6) is 3.96. The van der Waals surface area contributed by atoms with Crippen molar-refractivity contribution < 1.29 is 0 Å². The first-order valence-corrected chi connectivity index (χ1v) is 7.77. The molecule has 4 fully saturated rings. The molecule has 1 aromatic heterocycles. The van der Waals surface area contributed by atoms with Crippen molar-refractivity contribution in [2.24, 2.45) is 28.9 Å². The van der Waals surface area contributed by atoms with Crippen LogP contribution < -0.4 is 5.73 Å².